The van der Waals surface area contributed by atoms with Crippen molar-refractivity contribution in [1.29, 1.82) is 0 Å². The van der Waals surface area contributed by atoms with E-state index >= 15 is 0 Å². The molecule has 0 bridgehead atoms. The summed E-state index contributed by atoms with van der Waals surface area (Å²) in [5.41, 5.74) is 5.53. The highest BCUT2D eigenvalue weighted by Gasteiger charge is 2.40. The van der Waals surface area contributed by atoms with E-state index in [1.165, 1.54) is 0 Å². The van der Waals surface area contributed by atoms with Crippen LogP contribution in [0, 0.1) is 5.92 Å². The van der Waals surface area contributed by atoms with Crippen LogP contribution >= 0.6 is 0 Å². The van der Waals surface area contributed by atoms with E-state index in [1.807, 2.05) is 97.1 Å². The van der Waals surface area contributed by atoms with E-state index < -0.39 is 12.2 Å². The average Bonchev–Trinajstić information content (AvgIpc) is 3.58. The molecule has 44 heavy (non-hydrogen) atoms. The zero-order valence-corrected chi connectivity index (χ0v) is 24.8. The average molecular weight is 586 g/mol. The molecule has 4 unspecified atom stereocenters. The summed E-state index contributed by atoms with van der Waals surface area (Å²) < 4.78 is 0. The number of rotatable bonds is 8. The molecule has 4 atom stereocenters. The molecule has 1 fully saturated rings. The van der Waals surface area contributed by atoms with Gasteiger partial charge in [-0.05, 0) is 29.9 Å². The standard InChI is InChI=1S/C37H39N5O2/c43-36-32(28-13-5-1-6-14-28)38-41(34(36)30-17-9-3-10-18-30)25-27-21-23-40(24-22-27)26-42-35(31-19-11-4-12-20-31)37(44)33(39-42)29-15-7-2-8-16-29/h1-20,27,34-37,43-44H,21-26H2. The Morgan fingerprint density at radius 1 is 0.545 bits per heavy atom. The Kier molecular flexibility index (Phi) is 8.24. The maximum Gasteiger partial charge on any atom is 0.124 e. The lowest BCUT2D eigenvalue weighted by atomic mass is 9.93. The molecule has 1 saturated heterocycles. The molecular weight excluding hydrogens is 546 g/mol. The summed E-state index contributed by atoms with van der Waals surface area (Å²) in [4.78, 5) is 2.45. The SMILES string of the molecule is OC1C(c2ccccc2)=NN(CC2CCN(CN3N=C(c4ccccc4)C(O)C3c3ccccc3)CC2)C1c1ccccc1. The lowest BCUT2D eigenvalue weighted by molar-refractivity contribution is 0.0376. The number of hydrogen-bond acceptors (Lipinski definition) is 7. The molecule has 3 aliphatic heterocycles. The third kappa shape index (κ3) is 5.78. The number of aliphatic hydroxyl groups excluding tert-OH is 2. The number of piperidine rings is 1. The van der Waals surface area contributed by atoms with Crippen molar-refractivity contribution in [2.75, 3.05) is 26.3 Å². The lowest BCUT2D eigenvalue weighted by Gasteiger charge is -2.38. The summed E-state index contributed by atoms with van der Waals surface area (Å²) in [6, 6.07) is 40.1. The first kappa shape index (κ1) is 28.5. The van der Waals surface area contributed by atoms with Gasteiger partial charge in [0.1, 0.15) is 24.3 Å². The third-order valence-corrected chi connectivity index (χ3v) is 9.19. The molecule has 224 valence electrons. The van der Waals surface area contributed by atoms with E-state index in [1.54, 1.807) is 0 Å². The minimum atomic E-state index is -0.703. The second-order valence-electron chi connectivity index (χ2n) is 12.1. The van der Waals surface area contributed by atoms with Gasteiger partial charge in [-0.3, -0.25) is 14.9 Å². The Hall–Kier alpha value is -4.30. The zero-order valence-electron chi connectivity index (χ0n) is 24.8. The highest BCUT2D eigenvalue weighted by atomic mass is 16.3. The number of hydrogen-bond donors (Lipinski definition) is 2. The van der Waals surface area contributed by atoms with E-state index in [4.69, 9.17) is 10.2 Å². The summed E-state index contributed by atoms with van der Waals surface area (Å²) >= 11 is 0. The summed E-state index contributed by atoms with van der Waals surface area (Å²) in [6.07, 6.45) is 0.677. The molecule has 4 aromatic rings. The molecule has 3 aliphatic rings. The van der Waals surface area contributed by atoms with Crippen LogP contribution in [0.4, 0.5) is 0 Å². The van der Waals surface area contributed by atoms with Crippen molar-refractivity contribution >= 4 is 11.4 Å². The summed E-state index contributed by atoms with van der Waals surface area (Å²) in [7, 11) is 0. The van der Waals surface area contributed by atoms with Gasteiger partial charge in [0.15, 0.2) is 0 Å². The smallest absolute Gasteiger partial charge is 0.124 e. The van der Waals surface area contributed by atoms with Gasteiger partial charge >= 0.3 is 0 Å². The van der Waals surface area contributed by atoms with Crippen molar-refractivity contribution in [3.05, 3.63) is 144 Å². The number of hydrazone groups is 2. The minimum Gasteiger partial charge on any atom is -0.384 e. The molecule has 0 saturated carbocycles. The second kappa shape index (κ2) is 12.7. The molecule has 3 heterocycles. The van der Waals surface area contributed by atoms with E-state index in [-0.39, 0.29) is 12.1 Å². The molecular formula is C37H39N5O2. The van der Waals surface area contributed by atoms with Gasteiger partial charge in [0.05, 0.1) is 18.1 Å². The molecule has 7 nitrogen and oxygen atoms in total. The van der Waals surface area contributed by atoms with Crippen LogP contribution in [0.15, 0.2) is 132 Å². The molecule has 0 spiro atoms. The van der Waals surface area contributed by atoms with Crippen molar-refractivity contribution in [2.45, 2.75) is 37.1 Å². The highest BCUT2D eigenvalue weighted by molar-refractivity contribution is 6.05. The van der Waals surface area contributed by atoms with Crippen molar-refractivity contribution in [3.63, 3.8) is 0 Å². The molecule has 0 aliphatic carbocycles. The van der Waals surface area contributed by atoms with Crippen molar-refractivity contribution in [3.8, 4) is 0 Å². The first-order valence-electron chi connectivity index (χ1n) is 15.6. The monoisotopic (exact) mass is 585 g/mol. The fourth-order valence-corrected chi connectivity index (χ4v) is 6.88. The van der Waals surface area contributed by atoms with E-state index in [0.29, 0.717) is 12.6 Å². The van der Waals surface area contributed by atoms with Crippen molar-refractivity contribution < 1.29 is 10.2 Å². The number of benzene rings is 4. The fourth-order valence-electron chi connectivity index (χ4n) is 6.88. The van der Waals surface area contributed by atoms with Gasteiger partial charge in [-0.15, -0.1) is 0 Å². The van der Waals surface area contributed by atoms with Crippen molar-refractivity contribution in [2.24, 2.45) is 16.1 Å². The van der Waals surface area contributed by atoms with Crippen LogP contribution in [-0.4, -0.2) is 75.1 Å². The van der Waals surface area contributed by atoms with E-state index in [2.05, 4.69) is 39.2 Å². The number of likely N-dealkylation sites (tertiary alicyclic amines) is 1. The van der Waals surface area contributed by atoms with E-state index in [9.17, 15) is 10.2 Å². The fraction of sp³-hybridized carbons (Fsp3) is 0.297. The van der Waals surface area contributed by atoms with Crippen molar-refractivity contribution in [1.82, 2.24) is 14.9 Å². The Morgan fingerprint density at radius 3 is 1.43 bits per heavy atom. The van der Waals surface area contributed by atoms with Gasteiger partial charge in [0, 0.05) is 30.8 Å². The largest absolute Gasteiger partial charge is 0.384 e. The first-order valence-corrected chi connectivity index (χ1v) is 15.6. The molecule has 7 heteroatoms. The summed E-state index contributed by atoms with van der Waals surface area (Å²) in [5, 5.41) is 37.2. The quantitative estimate of drug-likeness (QED) is 0.294. The maximum absolute atomic E-state index is 11.5. The van der Waals surface area contributed by atoms with Gasteiger partial charge in [0.2, 0.25) is 0 Å². The Balaban J connectivity index is 1.05. The normalized spacial score (nSPS) is 24.4. The predicted molar refractivity (Wildman–Crippen MR) is 174 cm³/mol. The second-order valence-corrected chi connectivity index (χ2v) is 12.1. The highest BCUT2D eigenvalue weighted by Crippen LogP contribution is 2.36. The summed E-state index contributed by atoms with van der Waals surface area (Å²) in [6.45, 7) is 3.34. The maximum atomic E-state index is 11.5. The third-order valence-electron chi connectivity index (χ3n) is 9.19. The molecule has 0 aromatic heterocycles. The van der Waals surface area contributed by atoms with Crippen LogP contribution in [0.25, 0.3) is 0 Å². The topological polar surface area (TPSA) is 74.9 Å². The van der Waals surface area contributed by atoms with E-state index in [0.717, 1.165) is 66.2 Å². The number of nitrogens with zero attached hydrogens (tertiary/aromatic N) is 5. The van der Waals surface area contributed by atoms with Crippen LogP contribution in [0.1, 0.15) is 47.2 Å². The number of aliphatic hydroxyl groups is 2. The van der Waals surface area contributed by atoms with Crippen LogP contribution in [-0.2, 0) is 0 Å². The predicted octanol–water partition coefficient (Wildman–Crippen LogP) is 5.30. The lowest BCUT2D eigenvalue weighted by Crippen LogP contribution is -2.43. The van der Waals surface area contributed by atoms with Gasteiger partial charge in [-0.25, -0.2) is 0 Å². The minimum absolute atomic E-state index is 0.201. The van der Waals surface area contributed by atoms with Gasteiger partial charge in [-0.1, -0.05) is 121 Å². The van der Waals surface area contributed by atoms with Gasteiger partial charge < -0.3 is 10.2 Å². The zero-order chi connectivity index (χ0) is 29.9. The van der Waals surface area contributed by atoms with Crippen LogP contribution in [0.2, 0.25) is 0 Å². The van der Waals surface area contributed by atoms with Gasteiger partial charge in [-0.2, -0.15) is 10.2 Å². The molecule has 0 amide bonds. The Labute approximate surface area is 259 Å². The van der Waals surface area contributed by atoms with Crippen LogP contribution < -0.4 is 0 Å². The van der Waals surface area contributed by atoms with Crippen LogP contribution in [0.3, 0.4) is 0 Å². The summed E-state index contributed by atoms with van der Waals surface area (Å²) in [5.74, 6) is 0.459. The first-order chi connectivity index (χ1) is 21.7. The Morgan fingerprint density at radius 2 is 0.955 bits per heavy atom. The molecule has 4 aromatic carbocycles. The van der Waals surface area contributed by atoms with Gasteiger partial charge in [0.25, 0.3) is 0 Å². The molecule has 0 radical (unpaired) electrons. The molecule has 7 rings (SSSR count). The molecule has 2 N–H and O–H groups in total. The Bertz CT molecular complexity index is 1450. The van der Waals surface area contributed by atoms with Crippen LogP contribution in [0.5, 0.6) is 0 Å².